The fourth-order valence-electron chi connectivity index (χ4n) is 2.37. The quantitative estimate of drug-likeness (QED) is 0.879. The monoisotopic (exact) mass is 258 g/mol. The highest BCUT2D eigenvalue weighted by Gasteiger charge is 2.18. The van der Waals surface area contributed by atoms with Crippen LogP contribution in [0.15, 0.2) is 24.5 Å². The van der Waals surface area contributed by atoms with Crippen molar-refractivity contribution in [1.82, 2.24) is 14.8 Å². The first-order valence-corrected chi connectivity index (χ1v) is 6.11. The summed E-state index contributed by atoms with van der Waals surface area (Å²) in [6.07, 6.45) is 1.74. The van der Waals surface area contributed by atoms with Crippen LogP contribution in [0.3, 0.4) is 0 Å². The van der Waals surface area contributed by atoms with Crippen molar-refractivity contribution in [1.29, 1.82) is 0 Å². The minimum atomic E-state index is -0.887. The minimum Gasteiger partial charge on any atom is -0.478 e. The average molecular weight is 258 g/mol. The number of anilines is 1. The second kappa shape index (κ2) is 4.38. The third kappa shape index (κ3) is 2.05. The molecule has 0 atom stereocenters. The fraction of sp³-hybridized carbons (Fsp3) is 0.308. The Kier molecular flexibility index (Phi) is 2.70. The largest absolute Gasteiger partial charge is 0.478 e. The van der Waals surface area contributed by atoms with Crippen LogP contribution in [-0.4, -0.2) is 32.4 Å². The molecule has 1 aliphatic rings. The highest BCUT2D eigenvalue weighted by molar-refractivity contribution is 5.89. The lowest BCUT2D eigenvalue weighted by Gasteiger charge is -2.29. The molecule has 0 saturated heterocycles. The van der Waals surface area contributed by atoms with Gasteiger partial charge in [-0.3, -0.25) is 0 Å². The predicted octanol–water partition coefficient (Wildman–Crippen LogP) is 1.30. The van der Waals surface area contributed by atoms with E-state index in [1.54, 1.807) is 12.4 Å². The van der Waals surface area contributed by atoms with Crippen molar-refractivity contribution >= 4 is 11.7 Å². The molecule has 0 unspecified atom stereocenters. The Morgan fingerprint density at radius 2 is 2.21 bits per heavy atom. The lowest BCUT2D eigenvalue weighted by molar-refractivity contribution is 0.0696. The molecular formula is C13H14N4O2. The second-order valence-corrected chi connectivity index (χ2v) is 4.67. The van der Waals surface area contributed by atoms with Crippen molar-refractivity contribution in [2.24, 2.45) is 0 Å². The van der Waals surface area contributed by atoms with Crippen LogP contribution in [0.5, 0.6) is 0 Å². The molecule has 98 valence electrons. The summed E-state index contributed by atoms with van der Waals surface area (Å²) in [5, 5.41) is 17.0. The normalized spacial score (nSPS) is 14.3. The molecule has 19 heavy (non-hydrogen) atoms. The van der Waals surface area contributed by atoms with Crippen molar-refractivity contribution in [3.8, 4) is 0 Å². The van der Waals surface area contributed by atoms with Gasteiger partial charge in [0.05, 0.1) is 12.1 Å². The molecule has 0 bridgehead atoms. The third-order valence-electron chi connectivity index (χ3n) is 3.44. The highest BCUT2D eigenvalue weighted by Crippen LogP contribution is 2.22. The number of carboxylic acids is 1. The minimum absolute atomic E-state index is 0.351. The lowest BCUT2D eigenvalue weighted by Crippen LogP contribution is -2.33. The summed E-state index contributed by atoms with van der Waals surface area (Å²) in [6.45, 7) is 4.24. The smallest absolute Gasteiger partial charge is 0.335 e. The van der Waals surface area contributed by atoms with Crippen LogP contribution in [0.2, 0.25) is 0 Å². The van der Waals surface area contributed by atoms with Gasteiger partial charge in [0.2, 0.25) is 0 Å². The van der Waals surface area contributed by atoms with Gasteiger partial charge in [0.1, 0.15) is 6.33 Å². The number of nitrogens with zero attached hydrogens (tertiary/aromatic N) is 4. The van der Waals surface area contributed by atoms with Gasteiger partial charge in [-0.15, -0.1) is 10.2 Å². The summed E-state index contributed by atoms with van der Waals surface area (Å²) in [7, 11) is 0. The standard InChI is InChI=1S/C13H14N4O2/c1-9-6-10(2-3-11(9)13(18)19)16-4-5-17-8-14-15-12(17)7-16/h2-3,6,8H,4-5,7H2,1H3,(H,18,19). The number of fused-ring (bicyclic) bond motifs is 1. The number of aryl methyl sites for hydroxylation is 1. The molecule has 1 aromatic heterocycles. The first-order chi connectivity index (χ1) is 9.15. The van der Waals surface area contributed by atoms with E-state index in [4.69, 9.17) is 5.11 Å². The van der Waals surface area contributed by atoms with Crippen LogP contribution in [-0.2, 0) is 13.1 Å². The Bertz CT molecular complexity index is 635. The van der Waals surface area contributed by atoms with Crippen molar-refractivity contribution in [3.63, 3.8) is 0 Å². The molecule has 0 amide bonds. The predicted molar refractivity (Wildman–Crippen MR) is 69.2 cm³/mol. The Morgan fingerprint density at radius 3 is 2.95 bits per heavy atom. The van der Waals surface area contributed by atoms with Crippen LogP contribution in [0.25, 0.3) is 0 Å². The van der Waals surface area contributed by atoms with E-state index in [2.05, 4.69) is 15.1 Å². The van der Waals surface area contributed by atoms with E-state index in [9.17, 15) is 4.79 Å². The molecule has 6 nitrogen and oxygen atoms in total. The molecule has 3 rings (SSSR count). The molecule has 0 aliphatic carbocycles. The SMILES string of the molecule is Cc1cc(N2CCn3cnnc3C2)ccc1C(=O)O. The van der Waals surface area contributed by atoms with Crippen LogP contribution < -0.4 is 4.90 Å². The maximum atomic E-state index is 11.0. The molecule has 6 heteroatoms. The number of rotatable bonds is 2. The Morgan fingerprint density at radius 1 is 1.37 bits per heavy atom. The molecule has 0 radical (unpaired) electrons. The zero-order valence-electron chi connectivity index (χ0n) is 10.6. The maximum Gasteiger partial charge on any atom is 0.335 e. The summed E-state index contributed by atoms with van der Waals surface area (Å²) < 4.78 is 2.04. The van der Waals surface area contributed by atoms with Gasteiger partial charge in [-0.1, -0.05) is 0 Å². The average Bonchev–Trinajstić information content (AvgIpc) is 2.85. The molecule has 0 saturated carbocycles. The molecule has 1 aliphatic heterocycles. The molecule has 2 aromatic rings. The summed E-state index contributed by atoms with van der Waals surface area (Å²) in [5.41, 5.74) is 2.15. The molecule has 2 heterocycles. The lowest BCUT2D eigenvalue weighted by atomic mass is 10.1. The molecular weight excluding hydrogens is 244 g/mol. The van der Waals surface area contributed by atoms with E-state index in [1.807, 2.05) is 23.6 Å². The van der Waals surface area contributed by atoms with Gasteiger partial charge in [-0.25, -0.2) is 4.79 Å². The summed E-state index contributed by atoms with van der Waals surface area (Å²) in [5.74, 6) is 0.0497. The summed E-state index contributed by atoms with van der Waals surface area (Å²) >= 11 is 0. The van der Waals surface area contributed by atoms with Crippen molar-refractivity contribution in [3.05, 3.63) is 41.5 Å². The Balaban J connectivity index is 1.88. The number of aromatic nitrogens is 3. The van der Waals surface area contributed by atoms with Crippen molar-refractivity contribution < 1.29 is 9.90 Å². The topological polar surface area (TPSA) is 71.2 Å². The van der Waals surface area contributed by atoms with E-state index < -0.39 is 5.97 Å². The zero-order valence-corrected chi connectivity index (χ0v) is 10.6. The van der Waals surface area contributed by atoms with Gasteiger partial charge in [-0.05, 0) is 30.7 Å². The fourth-order valence-corrected chi connectivity index (χ4v) is 2.37. The van der Waals surface area contributed by atoms with Crippen LogP contribution in [0.1, 0.15) is 21.7 Å². The van der Waals surface area contributed by atoms with Gasteiger partial charge in [0.25, 0.3) is 0 Å². The molecule has 0 fully saturated rings. The number of aromatic carboxylic acids is 1. The molecule has 1 N–H and O–H groups in total. The first kappa shape index (κ1) is 11.7. The molecule has 0 spiro atoms. The highest BCUT2D eigenvalue weighted by atomic mass is 16.4. The van der Waals surface area contributed by atoms with Crippen LogP contribution in [0.4, 0.5) is 5.69 Å². The van der Waals surface area contributed by atoms with E-state index in [1.165, 1.54) is 0 Å². The Labute approximate surface area is 110 Å². The van der Waals surface area contributed by atoms with Crippen LogP contribution in [0, 0.1) is 6.92 Å². The van der Waals surface area contributed by atoms with E-state index >= 15 is 0 Å². The number of benzene rings is 1. The third-order valence-corrected chi connectivity index (χ3v) is 3.44. The van der Waals surface area contributed by atoms with Gasteiger partial charge in [0, 0.05) is 18.8 Å². The number of hydrogen-bond donors (Lipinski definition) is 1. The second-order valence-electron chi connectivity index (χ2n) is 4.67. The van der Waals surface area contributed by atoms with Gasteiger partial charge >= 0.3 is 5.97 Å². The zero-order chi connectivity index (χ0) is 13.4. The van der Waals surface area contributed by atoms with Gasteiger partial charge in [0.15, 0.2) is 5.82 Å². The van der Waals surface area contributed by atoms with Gasteiger partial charge in [-0.2, -0.15) is 0 Å². The first-order valence-electron chi connectivity index (χ1n) is 6.11. The number of carbonyl (C=O) groups is 1. The van der Waals surface area contributed by atoms with Crippen molar-refractivity contribution in [2.75, 3.05) is 11.4 Å². The van der Waals surface area contributed by atoms with E-state index in [-0.39, 0.29) is 0 Å². The van der Waals surface area contributed by atoms with E-state index in [0.717, 1.165) is 30.2 Å². The van der Waals surface area contributed by atoms with Crippen LogP contribution >= 0.6 is 0 Å². The number of carboxylic acid groups (broad SMARTS) is 1. The molecule has 1 aromatic carbocycles. The number of hydrogen-bond acceptors (Lipinski definition) is 4. The maximum absolute atomic E-state index is 11.0. The van der Waals surface area contributed by atoms with Crippen molar-refractivity contribution in [2.45, 2.75) is 20.0 Å². The Hall–Kier alpha value is -2.37. The summed E-state index contributed by atoms with van der Waals surface area (Å²) in [4.78, 5) is 13.2. The summed E-state index contributed by atoms with van der Waals surface area (Å²) in [6, 6.07) is 5.42. The van der Waals surface area contributed by atoms with E-state index in [0.29, 0.717) is 12.1 Å². The van der Waals surface area contributed by atoms with Gasteiger partial charge < -0.3 is 14.6 Å².